The molecular formula is C15H24N4O10. The first-order valence-corrected chi connectivity index (χ1v) is 8.32. The Morgan fingerprint density at radius 3 is 1.90 bits per heavy atom. The van der Waals surface area contributed by atoms with Crippen LogP contribution in [0.4, 0.5) is 0 Å². The van der Waals surface area contributed by atoms with Gasteiger partial charge in [-0.1, -0.05) is 0 Å². The van der Waals surface area contributed by atoms with E-state index in [2.05, 4.69) is 10.6 Å². The molecule has 29 heavy (non-hydrogen) atoms. The van der Waals surface area contributed by atoms with Crippen LogP contribution in [0.25, 0.3) is 0 Å². The van der Waals surface area contributed by atoms with Crippen molar-refractivity contribution < 1.29 is 49.2 Å². The monoisotopic (exact) mass is 420 g/mol. The first kappa shape index (κ1) is 25.7. The third-order valence-corrected chi connectivity index (χ3v) is 3.49. The predicted molar refractivity (Wildman–Crippen MR) is 93.3 cm³/mol. The lowest BCUT2D eigenvalue weighted by Crippen LogP contribution is -2.58. The van der Waals surface area contributed by atoms with E-state index in [1.807, 2.05) is 5.32 Å². The van der Waals surface area contributed by atoms with Crippen LogP contribution in [0.5, 0.6) is 0 Å². The summed E-state index contributed by atoms with van der Waals surface area (Å²) in [7, 11) is 0. The molecule has 0 aliphatic heterocycles. The molecule has 0 spiro atoms. The Morgan fingerprint density at radius 1 is 0.862 bits per heavy atom. The molecule has 14 nitrogen and oxygen atoms in total. The van der Waals surface area contributed by atoms with Crippen molar-refractivity contribution in [2.75, 3.05) is 6.54 Å². The van der Waals surface area contributed by atoms with Gasteiger partial charge in [0.15, 0.2) is 0 Å². The minimum Gasteiger partial charge on any atom is -0.481 e. The Labute approximate surface area is 164 Å². The molecule has 9 N–H and O–H groups in total. The number of aliphatic hydroxyl groups is 1. The van der Waals surface area contributed by atoms with Crippen LogP contribution in [0.15, 0.2) is 0 Å². The fraction of sp³-hybridized carbons (Fsp3) is 0.600. The maximum absolute atomic E-state index is 12.4. The van der Waals surface area contributed by atoms with Crippen LogP contribution in [0.3, 0.4) is 0 Å². The second-order valence-electron chi connectivity index (χ2n) is 6.04. The zero-order chi connectivity index (χ0) is 22.7. The van der Waals surface area contributed by atoms with E-state index in [9.17, 15) is 33.9 Å². The normalized spacial score (nSPS) is 14.6. The fourth-order valence-corrected chi connectivity index (χ4v) is 2.03. The SMILES string of the molecule is CC(O)C(NC(=O)C(CCC(=O)O)NC(=O)C(N)CC(=O)O)C(=O)NCC(=O)O. The Hall–Kier alpha value is -3.26. The van der Waals surface area contributed by atoms with Gasteiger partial charge in [-0.25, -0.2) is 0 Å². The molecule has 4 unspecified atom stereocenters. The van der Waals surface area contributed by atoms with Gasteiger partial charge in [-0.2, -0.15) is 0 Å². The van der Waals surface area contributed by atoms with E-state index >= 15 is 0 Å². The second-order valence-corrected chi connectivity index (χ2v) is 6.04. The summed E-state index contributed by atoms with van der Waals surface area (Å²) < 4.78 is 0. The predicted octanol–water partition coefficient (Wildman–Crippen LogP) is -3.80. The van der Waals surface area contributed by atoms with Crippen LogP contribution in [-0.4, -0.2) is 86.8 Å². The summed E-state index contributed by atoms with van der Waals surface area (Å²) in [6, 6.07) is -4.62. The molecule has 4 atom stereocenters. The number of carboxylic acids is 3. The van der Waals surface area contributed by atoms with Gasteiger partial charge in [0.05, 0.1) is 18.6 Å². The molecule has 0 aliphatic rings. The molecule has 0 rings (SSSR count). The van der Waals surface area contributed by atoms with Crippen molar-refractivity contribution in [3.05, 3.63) is 0 Å². The molecule has 0 heterocycles. The van der Waals surface area contributed by atoms with Gasteiger partial charge in [-0.05, 0) is 13.3 Å². The molecule has 0 bridgehead atoms. The molecule has 0 saturated heterocycles. The first-order valence-electron chi connectivity index (χ1n) is 8.32. The summed E-state index contributed by atoms with van der Waals surface area (Å²) in [5.74, 6) is -7.16. The average molecular weight is 420 g/mol. The van der Waals surface area contributed by atoms with Gasteiger partial charge in [-0.15, -0.1) is 0 Å². The van der Waals surface area contributed by atoms with Crippen LogP contribution in [0.2, 0.25) is 0 Å². The van der Waals surface area contributed by atoms with E-state index in [1.165, 1.54) is 0 Å². The molecular weight excluding hydrogens is 396 g/mol. The lowest BCUT2D eigenvalue weighted by Gasteiger charge is -2.25. The minimum absolute atomic E-state index is 0.421. The van der Waals surface area contributed by atoms with Crippen molar-refractivity contribution in [3.63, 3.8) is 0 Å². The summed E-state index contributed by atoms with van der Waals surface area (Å²) in [5.41, 5.74) is 5.39. The van der Waals surface area contributed by atoms with Gasteiger partial charge in [0.1, 0.15) is 18.6 Å². The van der Waals surface area contributed by atoms with Crippen LogP contribution in [0.1, 0.15) is 26.2 Å². The molecule has 0 aromatic rings. The molecule has 0 fully saturated rings. The Bertz CT molecular complexity index is 651. The Balaban J connectivity index is 5.26. The standard InChI is InChI=1S/C15H24N4O10/c1-6(20)12(15(29)17-5-11(25)26)19-14(28)8(2-3-9(21)22)18-13(27)7(16)4-10(23)24/h6-8,12,20H,2-5,16H2,1H3,(H,17,29)(H,18,27)(H,19,28)(H,21,22)(H,23,24)(H,25,26). The van der Waals surface area contributed by atoms with Crippen molar-refractivity contribution in [2.24, 2.45) is 5.73 Å². The molecule has 0 radical (unpaired) electrons. The van der Waals surface area contributed by atoms with Crippen molar-refractivity contribution >= 4 is 35.6 Å². The van der Waals surface area contributed by atoms with Crippen LogP contribution in [0, 0.1) is 0 Å². The highest BCUT2D eigenvalue weighted by Gasteiger charge is 2.31. The smallest absolute Gasteiger partial charge is 0.322 e. The van der Waals surface area contributed by atoms with Crippen LogP contribution < -0.4 is 21.7 Å². The summed E-state index contributed by atoms with van der Waals surface area (Å²) >= 11 is 0. The number of amides is 3. The van der Waals surface area contributed by atoms with Crippen molar-refractivity contribution in [1.29, 1.82) is 0 Å². The van der Waals surface area contributed by atoms with E-state index < -0.39 is 85.7 Å². The van der Waals surface area contributed by atoms with Crippen molar-refractivity contribution in [1.82, 2.24) is 16.0 Å². The topological polar surface area (TPSA) is 245 Å². The number of carboxylic acid groups (broad SMARTS) is 3. The number of aliphatic hydroxyl groups excluding tert-OH is 1. The number of carbonyl (C=O) groups excluding carboxylic acids is 3. The highest BCUT2D eigenvalue weighted by atomic mass is 16.4. The van der Waals surface area contributed by atoms with Gasteiger partial charge in [0.2, 0.25) is 17.7 Å². The molecule has 0 aliphatic carbocycles. The number of nitrogens with one attached hydrogen (secondary N) is 3. The summed E-state index contributed by atoms with van der Waals surface area (Å²) in [6.07, 6.45) is -3.18. The molecule has 14 heteroatoms. The largest absolute Gasteiger partial charge is 0.481 e. The Kier molecular flexibility index (Phi) is 10.9. The van der Waals surface area contributed by atoms with E-state index in [1.54, 1.807) is 0 Å². The first-order chi connectivity index (χ1) is 13.3. The zero-order valence-corrected chi connectivity index (χ0v) is 15.5. The number of aliphatic carboxylic acids is 3. The number of hydrogen-bond donors (Lipinski definition) is 8. The van der Waals surface area contributed by atoms with E-state index in [0.29, 0.717) is 0 Å². The maximum atomic E-state index is 12.4. The highest BCUT2D eigenvalue weighted by molar-refractivity contribution is 5.94. The number of nitrogens with two attached hydrogens (primary N) is 1. The zero-order valence-electron chi connectivity index (χ0n) is 15.5. The third kappa shape index (κ3) is 10.6. The van der Waals surface area contributed by atoms with Gasteiger partial charge in [0, 0.05) is 6.42 Å². The molecule has 164 valence electrons. The molecule has 0 saturated carbocycles. The quantitative estimate of drug-likeness (QED) is 0.143. The van der Waals surface area contributed by atoms with Crippen molar-refractivity contribution in [3.8, 4) is 0 Å². The van der Waals surface area contributed by atoms with Crippen molar-refractivity contribution in [2.45, 2.75) is 50.4 Å². The molecule has 0 aromatic carbocycles. The summed E-state index contributed by atoms with van der Waals surface area (Å²) in [5, 5.41) is 41.8. The van der Waals surface area contributed by atoms with Gasteiger partial charge in [-0.3, -0.25) is 28.8 Å². The maximum Gasteiger partial charge on any atom is 0.322 e. The Morgan fingerprint density at radius 2 is 1.45 bits per heavy atom. The number of carbonyl (C=O) groups is 6. The fourth-order valence-electron chi connectivity index (χ4n) is 2.03. The molecule has 3 amide bonds. The lowest BCUT2D eigenvalue weighted by molar-refractivity contribution is -0.140. The van der Waals surface area contributed by atoms with E-state index in [-0.39, 0.29) is 0 Å². The molecule has 0 aromatic heterocycles. The van der Waals surface area contributed by atoms with Gasteiger partial charge >= 0.3 is 17.9 Å². The van der Waals surface area contributed by atoms with E-state index in [4.69, 9.17) is 21.1 Å². The third-order valence-electron chi connectivity index (χ3n) is 3.49. The minimum atomic E-state index is -1.60. The second kappa shape index (κ2) is 12.2. The van der Waals surface area contributed by atoms with Gasteiger partial charge < -0.3 is 42.1 Å². The number of hydrogen-bond acceptors (Lipinski definition) is 8. The lowest BCUT2D eigenvalue weighted by atomic mass is 10.1. The summed E-state index contributed by atoms with van der Waals surface area (Å²) in [6.45, 7) is 0.361. The summed E-state index contributed by atoms with van der Waals surface area (Å²) in [4.78, 5) is 68.2. The van der Waals surface area contributed by atoms with Crippen LogP contribution in [-0.2, 0) is 28.8 Å². The van der Waals surface area contributed by atoms with E-state index in [0.717, 1.165) is 6.92 Å². The number of rotatable bonds is 13. The highest BCUT2D eigenvalue weighted by Crippen LogP contribution is 2.03. The van der Waals surface area contributed by atoms with Crippen LogP contribution >= 0.6 is 0 Å². The van der Waals surface area contributed by atoms with Gasteiger partial charge in [0.25, 0.3) is 0 Å². The average Bonchev–Trinajstić information content (AvgIpc) is 2.59.